The highest BCUT2D eigenvalue weighted by Gasteiger charge is 2.18. The van der Waals surface area contributed by atoms with E-state index in [1.807, 2.05) is 0 Å². The first-order valence-electron chi connectivity index (χ1n) is 9.80. The predicted molar refractivity (Wildman–Crippen MR) is 112 cm³/mol. The van der Waals surface area contributed by atoms with E-state index in [0.717, 1.165) is 0 Å². The Morgan fingerprint density at radius 1 is 1.00 bits per heavy atom. The van der Waals surface area contributed by atoms with Crippen LogP contribution in [0.15, 0.2) is 48.7 Å². The van der Waals surface area contributed by atoms with Gasteiger partial charge in [-0.1, -0.05) is 0 Å². The molecule has 0 bridgehead atoms. The number of rotatable bonds is 5. The van der Waals surface area contributed by atoms with Gasteiger partial charge in [-0.3, -0.25) is 20.4 Å². The van der Waals surface area contributed by atoms with Crippen molar-refractivity contribution in [1.82, 2.24) is 20.6 Å². The van der Waals surface area contributed by atoms with E-state index in [1.54, 1.807) is 54.9 Å². The molecule has 0 spiro atoms. The Labute approximate surface area is 183 Å². The SMILES string of the molecule is CCOC(=O)c1cnn(-c2ccc(C(=O)NNC(=O)c3ccc4c(c3)OCO4)cc2)c1C. The van der Waals surface area contributed by atoms with Crippen LogP contribution < -0.4 is 20.3 Å². The van der Waals surface area contributed by atoms with Gasteiger partial charge in [0, 0.05) is 11.1 Å². The lowest BCUT2D eigenvalue weighted by Gasteiger charge is -2.09. The van der Waals surface area contributed by atoms with Crippen molar-refractivity contribution >= 4 is 17.8 Å². The number of amides is 2. The normalized spacial score (nSPS) is 11.7. The average molecular weight is 436 g/mol. The summed E-state index contributed by atoms with van der Waals surface area (Å²) >= 11 is 0. The Balaban J connectivity index is 1.39. The minimum absolute atomic E-state index is 0.106. The fourth-order valence-corrected chi connectivity index (χ4v) is 3.13. The minimum atomic E-state index is -0.494. The molecule has 3 aromatic rings. The molecule has 2 heterocycles. The van der Waals surface area contributed by atoms with Crippen molar-refractivity contribution in [2.24, 2.45) is 0 Å². The molecule has 0 radical (unpaired) electrons. The van der Waals surface area contributed by atoms with Crippen molar-refractivity contribution in [2.45, 2.75) is 13.8 Å². The zero-order valence-electron chi connectivity index (χ0n) is 17.4. The van der Waals surface area contributed by atoms with Crippen LogP contribution in [0.25, 0.3) is 5.69 Å². The van der Waals surface area contributed by atoms with Crippen LogP contribution >= 0.6 is 0 Å². The highest BCUT2D eigenvalue weighted by molar-refractivity contribution is 5.99. The van der Waals surface area contributed by atoms with Crippen molar-refractivity contribution in [3.05, 3.63) is 71.0 Å². The Morgan fingerprint density at radius 3 is 2.38 bits per heavy atom. The van der Waals surface area contributed by atoms with Crippen molar-refractivity contribution in [2.75, 3.05) is 13.4 Å². The van der Waals surface area contributed by atoms with E-state index in [0.29, 0.717) is 39.6 Å². The van der Waals surface area contributed by atoms with E-state index in [9.17, 15) is 14.4 Å². The second kappa shape index (κ2) is 8.80. The molecule has 32 heavy (non-hydrogen) atoms. The van der Waals surface area contributed by atoms with Crippen LogP contribution in [0, 0.1) is 6.92 Å². The number of ether oxygens (including phenoxy) is 3. The van der Waals surface area contributed by atoms with E-state index >= 15 is 0 Å². The lowest BCUT2D eigenvalue weighted by Crippen LogP contribution is -2.41. The van der Waals surface area contributed by atoms with Gasteiger partial charge in [0.05, 0.1) is 24.2 Å². The molecule has 1 aliphatic heterocycles. The molecule has 10 heteroatoms. The summed E-state index contributed by atoms with van der Waals surface area (Å²) in [7, 11) is 0. The van der Waals surface area contributed by atoms with Gasteiger partial charge in [0.1, 0.15) is 5.56 Å². The summed E-state index contributed by atoms with van der Waals surface area (Å²) in [5.74, 6) is -0.389. The van der Waals surface area contributed by atoms with Crippen molar-refractivity contribution in [1.29, 1.82) is 0 Å². The molecule has 2 amide bonds. The largest absolute Gasteiger partial charge is 0.462 e. The number of esters is 1. The molecule has 2 aromatic carbocycles. The van der Waals surface area contributed by atoms with Gasteiger partial charge in [0.25, 0.3) is 11.8 Å². The number of hydrogen-bond acceptors (Lipinski definition) is 7. The van der Waals surface area contributed by atoms with Crippen molar-refractivity contribution in [3.8, 4) is 17.2 Å². The molecule has 0 aliphatic carbocycles. The van der Waals surface area contributed by atoms with Crippen LogP contribution in [0.3, 0.4) is 0 Å². The molecule has 1 aliphatic rings. The molecule has 0 unspecified atom stereocenters. The Kier molecular flexibility index (Phi) is 5.75. The third-order valence-corrected chi connectivity index (χ3v) is 4.80. The third kappa shape index (κ3) is 4.10. The smallest absolute Gasteiger partial charge is 0.341 e. The first kappa shape index (κ1) is 20.9. The summed E-state index contributed by atoms with van der Waals surface area (Å²) in [6.07, 6.45) is 1.44. The number of nitrogens with zero attached hydrogens (tertiary/aromatic N) is 2. The van der Waals surface area contributed by atoms with Gasteiger partial charge in [0.15, 0.2) is 11.5 Å². The third-order valence-electron chi connectivity index (χ3n) is 4.80. The van der Waals surface area contributed by atoms with E-state index in [2.05, 4.69) is 16.0 Å². The first-order chi connectivity index (χ1) is 15.5. The van der Waals surface area contributed by atoms with Gasteiger partial charge in [-0.05, 0) is 56.3 Å². The maximum Gasteiger partial charge on any atom is 0.341 e. The van der Waals surface area contributed by atoms with Crippen LogP contribution in [0.4, 0.5) is 0 Å². The summed E-state index contributed by atoms with van der Waals surface area (Å²) in [6.45, 7) is 3.87. The number of hydrogen-bond donors (Lipinski definition) is 2. The fourth-order valence-electron chi connectivity index (χ4n) is 3.13. The highest BCUT2D eigenvalue weighted by Crippen LogP contribution is 2.32. The molecule has 0 atom stereocenters. The van der Waals surface area contributed by atoms with Crippen molar-refractivity contribution in [3.63, 3.8) is 0 Å². The van der Waals surface area contributed by atoms with Crippen LogP contribution in [-0.2, 0) is 4.74 Å². The average Bonchev–Trinajstić information content (AvgIpc) is 3.43. The van der Waals surface area contributed by atoms with E-state index in [1.165, 1.54) is 12.3 Å². The topological polar surface area (TPSA) is 121 Å². The first-order valence-corrected chi connectivity index (χ1v) is 9.80. The van der Waals surface area contributed by atoms with E-state index in [-0.39, 0.29) is 13.4 Å². The molecular weight excluding hydrogens is 416 g/mol. The van der Waals surface area contributed by atoms with Crippen LogP contribution in [-0.4, -0.2) is 41.0 Å². The number of carbonyl (C=O) groups excluding carboxylic acids is 3. The lowest BCUT2D eigenvalue weighted by atomic mass is 10.2. The zero-order chi connectivity index (χ0) is 22.7. The Bertz CT molecular complexity index is 1190. The van der Waals surface area contributed by atoms with Crippen LogP contribution in [0.5, 0.6) is 11.5 Å². The molecule has 4 rings (SSSR count). The van der Waals surface area contributed by atoms with E-state index < -0.39 is 17.8 Å². The second-order valence-corrected chi connectivity index (χ2v) is 6.80. The monoisotopic (exact) mass is 436 g/mol. The van der Waals surface area contributed by atoms with Gasteiger partial charge >= 0.3 is 5.97 Å². The van der Waals surface area contributed by atoms with Gasteiger partial charge in [-0.15, -0.1) is 0 Å². The number of aromatic nitrogens is 2. The molecular formula is C22H20N4O6. The van der Waals surface area contributed by atoms with Gasteiger partial charge in [-0.25, -0.2) is 9.48 Å². The van der Waals surface area contributed by atoms with Crippen molar-refractivity contribution < 1.29 is 28.6 Å². The van der Waals surface area contributed by atoms with Crippen LogP contribution in [0.1, 0.15) is 43.7 Å². The quantitative estimate of drug-likeness (QED) is 0.464. The van der Waals surface area contributed by atoms with Crippen LogP contribution in [0.2, 0.25) is 0 Å². The number of carbonyl (C=O) groups is 3. The summed E-state index contributed by atoms with van der Waals surface area (Å²) in [5.41, 5.74) is 7.05. The highest BCUT2D eigenvalue weighted by atomic mass is 16.7. The maximum absolute atomic E-state index is 12.4. The summed E-state index contributed by atoms with van der Waals surface area (Å²) in [6, 6.07) is 11.3. The number of fused-ring (bicyclic) bond motifs is 1. The van der Waals surface area contributed by atoms with Gasteiger partial charge < -0.3 is 14.2 Å². The Morgan fingerprint density at radius 2 is 1.66 bits per heavy atom. The zero-order valence-corrected chi connectivity index (χ0v) is 17.4. The maximum atomic E-state index is 12.4. The Hall–Kier alpha value is -4.34. The fraction of sp³-hybridized carbons (Fsp3) is 0.182. The molecule has 0 fully saturated rings. The molecule has 10 nitrogen and oxygen atoms in total. The lowest BCUT2D eigenvalue weighted by molar-refractivity contribution is 0.0525. The minimum Gasteiger partial charge on any atom is -0.462 e. The standard InChI is InChI=1S/C22H20N4O6/c1-3-30-22(29)17-11-23-26(13(17)2)16-7-4-14(5-8-16)20(27)24-25-21(28)15-6-9-18-19(10-15)32-12-31-18/h4-11H,3,12H2,1-2H3,(H,24,27)(H,25,28). The molecule has 164 valence electrons. The molecule has 1 aromatic heterocycles. The van der Waals surface area contributed by atoms with Gasteiger partial charge in [0.2, 0.25) is 6.79 Å². The molecule has 0 saturated carbocycles. The molecule has 2 N–H and O–H groups in total. The van der Waals surface area contributed by atoms with E-state index in [4.69, 9.17) is 14.2 Å². The number of hydrazine groups is 1. The predicted octanol–water partition coefficient (Wildman–Crippen LogP) is 2.16. The van der Waals surface area contributed by atoms with Gasteiger partial charge in [-0.2, -0.15) is 5.10 Å². The number of nitrogens with one attached hydrogen (secondary N) is 2. The number of benzene rings is 2. The summed E-state index contributed by atoms with van der Waals surface area (Å²) < 4.78 is 17.0. The molecule has 0 saturated heterocycles. The second-order valence-electron chi connectivity index (χ2n) is 6.80. The summed E-state index contributed by atoms with van der Waals surface area (Å²) in [5, 5.41) is 4.22. The summed E-state index contributed by atoms with van der Waals surface area (Å²) in [4.78, 5) is 36.6.